The van der Waals surface area contributed by atoms with Crippen LogP contribution in [0, 0.1) is 13.8 Å². The summed E-state index contributed by atoms with van der Waals surface area (Å²) in [4.78, 5) is 15.1. The maximum atomic E-state index is 12.7. The van der Waals surface area contributed by atoms with Crippen LogP contribution in [0.1, 0.15) is 45.5 Å². The van der Waals surface area contributed by atoms with Gasteiger partial charge in [0.1, 0.15) is 0 Å². The topological polar surface area (TPSA) is 20.3 Å². The van der Waals surface area contributed by atoms with E-state index < -0.39 is 0 Å². The number of hydrogen-bond acceptors (Lipinski definition) is 2. The molecule has 1 aliphatic heterocycles. The van der Waals surface area contributed by atoms with Crippen LogP contribution in [0.4, 0.5) is 0 Å². The lowest BCUT2D eigenvalue weighted by molar-refractivity contribution is 0.103. The molecule has 0 bridgehead atoms. The van der Waals surface area contributed by atoms with E-state index in [1.807, 2.05) is 44.2 Å². The highest BCUT2D eigenvalue weighted by atomic mass is 16.1. The van der Waals surface area contributed by atoms with Crippen LogP contribution in [-0.4, -0.2) is 23.8 Å². The Bertz CT molecular complexity index is 667. The van der Waals surface area contributed by atoms with E-state index in [0.29, 0.717) is 0 Å². The fourth-order valence-corrected chi connectivity index (χ4v) is 3.11. The smallest absolute Gasteiger partial charge is 0.193 e. The first-order valence-electron chi connectivity index (χ1n) is 8.07. The van der Waals surface area contributed by atoms with Crippen molar-refractivity contribution in [3.8, 4) is 0 Å². The van der Waals surface area contributed by atoms with Gasteiger partial charge in [-0.15, -0.1) is 0 Å². The Morgan fingerprint density at radius 2 is 1.68 bits per heavy atom. The summed E-state index contributed by atoms with van der Waals surface area (Å²) in [7, 11) is 0. The van der Waals surface area contributed by atoms with Crippen molar-refractivity contribution in [3.05, 3.63) is 70.3 Å². The largest absolute Gasteiger partial charge is 0.299 e. The summed E-state index contributed by atoms with van der Waals surface area (Å²) in [6.07, 6.45) is 2.62. The Labute approximate surface area is 132 Å². The number of carbonyl (C=O) groups excluding carboxylic acids is 1. The van der Waals surface area contributed by atoms with Gasteiger partial charge in [0.05, 0.1) is 0 Å². The third kappa shape index (κ3) is 3.12. The third-order valence-corrected chi connectivity index (χ3v) is 4.67. The van der Waals surface area contributed by atoms with E-state index in [1.165, 1.54) is 31.5 Å². The molecule has 22 heavy (non-hydrogen) atoms. The first-order chi connectivity index (χ1) is 10.6. The van der Waals surface area contributed by atoms with Gasteiger partial charge in [-0.25, -0.2) is 0 Å². The first-order valence-corrected chi connectivity index (χ1v) is 8.07. The van der Waals surface area contributed by atoms with Crippen LogP contribution in [0.2, 0.25) is 0 Å². The molecule has 2 aromatic carbocycles. The summed E-state index contributed by atoms with van der Waals surface area (Å²) in [6.45, 7) is 7.46. The van der Waals surface area contributed by atoms with Crippen LogP contribution < -0.4 is 0 Å². The molecule has 114 valence electrons. The molecule has 0 unspecified atom stereocenters. The van der Waals surface area contributed by atoms with Gasteiger partial charge in [-0.1, -0.05) is 42.5 Å². The molecule has 0 aromatic heterocycles. The lowest BCUT2D eigenvalue weighted by atomic mass is 9.96. The Hall–Kier alpha value is -1.93. The van der Waals surface area contributed by atoms with Gasteiger partial charge in [-0.05, 0) is 56.5 Å². The van der Waals surface area contributed by atoms with E-state index in [-0.39, 0.29) is 5.78 Å². The van der Waals surface area contributed by atoms with Gasteiger partial charge in [-0.2, -0.15) is 0 Å². The average molecular weight is 293 g/mol. The van der Waals surface area contributed by atoms with E-state index in [9.17, 15) is 4.79 Å². The molecule has 1 heterocycles. The van der Waals surface area contributed by atoms with Gasteiger partial charge in [0.25, 0.3) is 0 Å². The normalized spacial score (nSPS) is 15.2. The Balaban J connectivity index is 1.77. The zero-order chi connectivity index (χ0) is 15.5. The van der Waals surface area contributed by atoms with Crippen molar-refractivity contribution >= 4 is 5.78 Å². The molecule has 2 nitrogen and oxygen atoms in total. The summed E-state index contributed by atoms with van der Waals surface area (Å²) in [5, 5.41) is 0. The molecular formula is C20H23NO. The summed E-state index contributed by atoms with van der Waals surface area (Å²) in [6, 6.07) is 14.0. The molecule has 0 N–H and O–H groups in total. The summed E-state index contributed by atoms with van der Waals surface area (Å²) >= 11 is 0. The minimum absolute atomic E-state index is 0.119. The number of ketones is 1. The average Bonchev–Trinajstić information content (AvgIpc) is 3.03. The molecule has 0 saturated carbocycles. The number of aryl methyl sites for hydroxylation is 1. The van der Waals surface area contributed by atoms with Crippen LogP contribution in [0.5, 0.6) is 0 Å². The maximum Gasteiger partial charge on any atom is 0.193 e. The van der Waals surface area contributed by atoms with Gasteiger partial charge >= 0.3 is 0 Å². The number of hydrogen-bond donors (Lipinski definition) is 0. The van der Waals surface area contributed by atoms with Crippen molar-refractivity contribution in [2.75, 3.05) is 13.1 Å². The van der Waals surface area contributed by atoms with E-state index in [4.69, 9.17) is 0 Å². The monoisotopic (exact) mass is 293 g/mol. The van der Waals surface area contributed by atoms with Crippen molar-refractivity contribution in [1.29, 1.82) is 0 Å². The van der Waals surface area contributed by atoms with Gasteiger partial charge in [0.2, 0.25) is 0 Å². The Morgan fingerprint density at radius 3 is 2.36 bits per heavy atom. The van der Waals surface area contributed by atoms with Crippen LogP contribution in [-0.2, 0) is 6.54 Å². The summed E-state index contributed by atoms with van der Waals surface area (Å²) < 4.78 is 0. The highest BCUT2D eigenvalue weighted by Gasteiger charge is 2.14. The highest BCUT2D eigenvalue weighted by molar-refractivity contribution is 6.10. The van der Waals surface area contributed by atoms with Crippen LogP contribution in [0.25, 0.3) is 0 Å². The van der Waals surface area contributed by atoms with Gasteiger partial charge < -0.3 is 0 Å². The van der Waals surface area contributed by atoms with Crippen molar-refractivity contribution in [2.24, 2.45) is 0 Å². The highest BCUT2D eigenvalue weighted by Crippen LogP contribution is 2.18. The van der Waals surface area contributed by atoms with E-state index in [1.54, 1.807) is 0 Å². The molecule has 2 heteroatoms. The molecular weight excluding hydrogens is 270 g/mol. The minimum Gasteiger partial charge on any atom is -0.299 e. The Kier molecular flexibility index (Phi) is 4.39. The Morgan fingerprint density at radius 1 is 1.00 bits per heavy atom. The van der Waals surface area contributed by atoms with Crippen LogP contribution in [0.15, 0.2) is 42.5 Å². The molecule has 1 saturated heterocycles. The molecule has 1 aliphatic rings. The van der Waals surface area contributed by atoms with E-state index >= 15 is 0 Å². The van der Waals surface area contributed by atoms with Crippen molar-refractivity contribution in [3.63, 3.8) is 0 Å². The fourth-order valence-electron chi connectivity index (χ4n) is 3.11. The molecule has 0 atom stereocenters. The van der Waals surface area contributed by atoms with Crippen molar-refractivity contribution in [2.45, 2.75) is 33.2 Å². The summed E-state index contributed by atoms with van der Waals surface area (Å²) in [5.41, 5.74) is 5.12. The molecule has 0 aliphatic carbocycles. The molecule has 0 amide bonds. The molecule has 0 spiro atoms. The number of nitrogens with zero attached hydrogens (tertiary/aromatic N) is 1. The second-order valence-electron chi connectivity index (χ2n) is 6.26. The second kappa shape index (κ2) is 6.45. The third-order valence-electron chi connectivity index (χ3n) is 4.67. The number of carbonyl (C=O) groups is 1. The molecule has 3 rings (SSSR count). The zero-order valence-corrected chi connectivity index (χ0v) is 13.4. The lowest BCUT2D eigenvalue weighted by Gasteiger charge is -2.14. The SMILES string of the molecule is Cc1cccc(C(=O)c2ccc(CN3CCCC3)cc2)c1C. The van der Waals surface area contributed by atoms with Gasteiger partial charge in [0.15, 0.2) is 5.78 Å². The van der Waals surface area contributed by atoms with Crippen LogP contribution in [0.3, 0.4) is 0 Å². The predicted octanol–water partition coefficient (Wildman–Crippen LogP) is 4.13. The zero-order valence-electron chi connectivity index (χ0n) is 13.4. The quantitative estimate of drug-likeness (QED) is 0.790. The standard InChI is InChI=1S/C20H23NO/c1-15-6-5-7-19(16(15)2)20(22)18-10-8-17(9-11-18)14-21-12-3-4-13-21/h5-11H,3-4,12-14H2,1-2H3. The van der Waals surface area contributed by atoms with E-state index in [0.717, 1.165) is 28.8 Å². The second-order valence-corrected chi connectivity index (χ2v) is 6.26. The van der Waals surface area contributed by atoms with Gasteiger partial charge in [-0.3, -0.25) is 9.69 Å². The summed E-state index contributed by atoms with van der Waals surface area (Å²) in [5.74, 6) is 0.119. The predicted molar refractivity (Wildman–Crippen MR) is 90.3 cm³/mol. The number of benzene rings is 2. The van der Waals surface area contributed by atoms with Crippen molar-refractivity contribution in [1.82, 2.24) is 4.90 Å². The van der Waals surface area contributed by atoms with Crippen molar-refractivity contribution < 1.29 is 4.79 Å². The fraction of sp³-hybridized carbons (Fsp3) is 0.350. The number of likely N-dealkylation sites (tertiary alicyclic amines) is 1. The van der Waals surface area contributed by atoms with Gasteiger partial charge in [0, 0.05) is 17.7 Å². The van der Waals surface area contributed by atoms with E-state index in [2.05, 4.69) is 17.0 Å². The molecule has 1 fully saturated rings. The number of rotatable bonds is 4. The van der Waals surface area contributed by atoms with Crippen LogP contribution >= 0.6 is 0 Å². The maximum absolute atomic E-state index is 12.7. The molecule has 0 radical (unpaired) electrons. The minimum atomic E-state index is 0.119. The molecule has 2 aromatic rings. The first kappa shape index (κ1) is 15.0. The lowest BCUT2D eigenvalue weighted by Crippen LogP contribution is -2.18.